The second kappa shape index (κ2) is 6.90. The van der Waals surface area contributed by atoms with E-state index >= 15 is 0 Å². The summed E-state index contributed by atoms with van der Waals surface area (Å²) in [6.07, 6.45) is 6.88. The molecule has 2 aromatic rings. The first kappa shape index (κ1) is 16.8. The molecule has 0 N–H and O–H groups in total. The smallest absolute Gasteiger partial charge is 0.226 e. The van der Waals surface area contributed by atoms with Crippen molar-refractivity contribution in [3.63, 3.8) is 0 Å². The van der Waals surface area contributed by atoms with Crippen LogP contribution < -0.4 is 4.90 Å². The number of alkyl halides is 1. The number of nitrogens with zero attached hydrogens (tertiary/aromatic N) is 4. The van der Waals surface area contributed by atoms with E-state index in [1.54, 1.807) is 0 Å². The number of morpholine rings is 1. The molecule has 1 aliphatic heterocycles. The highest BCUT2D eigenvalue weighted by atomic mass is 35.5. The lowest BCUT2D eigenvalue weighted by Crippen LogP contribution is -2.44. The van der Waals surface area contributed by atoms with Gasteiger partial charge in [0, 0.05) is 6.54 Å². The third kappa shape index (κ3) is 3.36. The third-order valence-electron chi connectivity index (χ3n) is 4.50. The number of anilines is 1. The number of aromatic nitrogens is 3. The van der Waals surface area contributed by atoms with E-state index < -0.39 is 0 Å². The maximum atomic E-state index is 6.18. The van der Waals surface area contributed by atoms with Crippen molar-refractivity contribution in [3.8, 4) is 0 Å². The van der Waals surface area contributed by atoms with Gasteiger partial charge < -0.3 is 9.64 Å². The van der Waals surface area contributed by atoms with E-state index in [-0.39, 0.29) is 16.7 Å². The molecule has 5 nitrogen and oxygen atoms in total. The lowest BCUT2D eigenvalue weighted by Gasteiger charge is -2.34. The van der Waals surface area contributed by atoms with Crippen molar-refractivity contribution in [1.82, 2.24) is 15.0 Å². The van der Waals surface area contributed by atoms with Gasteiger partial charge in [-0.1, -0.05) is 18.2 Å². The standard InChI is InChI=1S/C18H18Cl2N4O/c1-11-10-25-9-8-24(11)17-14-6-7-15(12-2-4-13(19)5-3-12)21-16(14)22-18(20)23-17/h2-4,6-7,11,13H,5,8-10H2,1H3/t11-,13?/m0/s1. The molecule has 2 aromatic heterocycles. The lowest BCUT2D eigenvalue weighted by atomic mass is 10.0. The number of fused-ring (bicyclic) bond motifs is 1. The highest BCUT2D eigenvalue weighted by Gasteiger charge is 2.23. The monoisotopic (exact) mass is 376 g/mol. The molecular formula is C18H18Cl2N4O. The third-order valence-corrected chi connectivity index (χ3v) is 4.99. The maximum Gasteiger partial charge on any atom is 0.226 e. The van der Waals surface area contributed by atoms with Gasteiger partial charge in [-0.3, -0.25) is 0 Å². The molecule has 1 saturated heterocycles. The SMILES string of the molecule is C[C@H]1COCCN1c1nc(Cl)nc2nc(C3=CCC(Cl)C=C3)ccc12. The second-order valence-electron chi connectivity index (χ2n) is 6.27. The highest BCUT2D eigenvalue weighted by Crippen LogP contribution is 2.29. The van der Waals surface area contributed by atoms with Gasteiger partial charge in [0.25, 0.3) is 0 Å². The highest BCUT2D eigenvalue weighted by molar-refractivity contribution is 6.28. The quantitative estimate of drug-likeness (QED) is 0.588. The average Bonchev–Trinajstić information content (AvgIpc) is 2.61. The fraction of sp³-hybridized carbons (Fsp3) is 0.389. The van der Waals surface area contributed by atoms with E-state index in [2.05, 4.69) is 27.9 Å². The van der Waals surface area contributed by atoms with E-state index in [1.807, 2.05) is 24.3 Å². The van der Waals surface area contributed by atoms with Crippen molar-refractivity contribution in [2.24, 2.45) is 0 Å². The normalized spacial score (nSPS) is 23.8. The minimum absolute atomic E-state index is 0.0513. The molecule has 2 atom stereocenters. The number of hydrogen-bond acceptors (Lipinski definition) is 5. The molecule has 2 aliphatic rings. The Labute approximate surface area is 156 Å². The minimum atomic E-state index is 0.0513. The van der Waals surface area contributed by atoms with E-state index in [1.165, 1.54) is 0 Å². The van der Waals surface area contributed by atoms with Crippen molar-refractivity contribution >= 4 is 45.6 Å². The zero-order valence-electron chi connectivity index (χ0n) is 13.8. The summed E-state index contributed by atoms with van der Waals surface area (Å²) in [5.41, 5.74) is 2.52. The van der Waals surface area contributed by atoms with E-state index in [4.69, 9.17) is 32.9 Å². The summed E-state index contributed by atoms with van der Waals surface area (Å²) in [6.45, 7) is 4.24. The van der Waals surface area contributed by atoms with Crippen LogP contribution in [0.15, 0.2) is 30.4 Å². The number of pyridine rings is 1. The Bertz CT molecular complexity index is 868. The zero-order chi connectivity index (χ0) is 17.4. The Morgan fingerprint density at radius 3 is 2.88 bits per heavy atom. The molecule has 1 fully saturated rings. The maximum absolute atomic E-state index is 6.18. The molecule has 0 spiro atoms. The van der Waals surface area contributed by atoms with Crippen LogP contribution in [-0.2, 0) is 4.74 Å². The summed E-state index contributed by atoms with van der Waals surface area (Å²) < 4.78 is 5.52. The van der Waals surface area contributed by atoms with Crippen molar-refractivity contribution in [2.45, 2.75) is 24.8 Å². The van der Waals surface area contributed by atoms with Gasteiger partial charge in [0.1, 0.15) is 5.82 Å². The molecule has 3 heterocycles. The van der Waals surface area contributed by atoms with Gasteiger partial charge in [0.05, 0.1) is 35.7 Å². The van der Waals surface area contributed by atoms with Crippen LogP contribution in [0.4, 0.5) is 5.82 Å². The zero-order valence-corrected chi connectivity index (χ0v) is 15.3. The Balaban J connectivity index is 1.77. The second-order valence-corrected chi connectivity index (χ2v) is 7.17. The Morgan fingerprint density at radius 1 is 1.24 bits per heavy atom. The predicted molar refractivity (Wildman–Crippen MR) is 101 cm³/mol. The summed E-state index contributed by atoms with van der Waals surface area (Å²) in [5, 5.41) is 1.16. The molecule has 1 unspecified atom stereocenters. The fourth-order valence-corrected chi connectivity index (χ4v) is 3.50. The predicted octanol–water partition coefficient (Wildman–Crippen LogP) is 3.85. The van der Waals surface area contributed by atoms with Gasteiger partial charge in [0.2, 0.25) is 5.28 Å². The van der Waals surface area contributed by atoms with Crippen LogP contribution in [0.2, 0.25) is 5.28 Å². The number of allylic oxidation sites excluding steroid dienone is 4. The van der Waals surface area contributed by atoms with Gasteiger partial charge >= 0.3 is 0 Å². The summed E-state index contributed by atoms with van der Waals surface area (Å²) >= 11 is 12.3. The van der Waals surface area contributed by atoms with Gasteiger partial charge in [0.15, 0.2) is 5.65 Å². The van der Waals surface area contributed by atoms with Crippen LogP contribution in [0.1, 0.15) is 19.0 Å². The first-order valence-corrected chi connectivity index (χ1v) is 9.15. The van der Waals surface area contributed by atoms with Crippen molar-refractivity contribution in [1.29, 1.82) is 0 Å². The summed E-state index contributed by atoms with van der Waals surface area (Å²) in [4.78, 5) is 15.7. The molecule has 0 radical (unpaired) electrons. The molecule has 7 heteroatoms. The summed E-state index contributed by atoms with van der Waals surface area (Å²) in [6, 6.07) is 4.25. The van der Waals surface area contributed by atoms with Gasteiger partial charge in [-0.2, -0.15) is 9.97 Å². The first-order valence-electron chi connectivity index (χ1n) is 8.33. The topological polar surface area (TPSA) is 51.1 Å². The van der Waals surface area contributed by atoms with Gasteiger partial charge in [-0.25, -0.2) is 4.98 Å². The largest absolute Gasteiger partial charge is 0.377 e. The molecule has 0 amide bonds. The fourth-order valence-electron chi connectivity index (χ4n) is 3.17. The number of ether oxygens (including phenoxy) is 1. The Morgan fingerprint density at radius 2 is 2.12 bits per heavy atom. The minimum Gasteiger partial charge on any atom is -0.377 e. The van der Waals surface area contributed by atoms with Crippen LogP contribution in [0.25, 0.3) is 16.6 Å². The Hall–Kier alpha value is -1.69. The molecule has 0 aromatic carbocycles. The van der Waals surface area contributed by atoms with E-state index in [9.17, 15) is 0 Å². The van der Waals surface area contributed by atoms with E-state index in [0.29, 0.717) is 18.9 Å². The average molecular weight is 377 g/mol. The number of hydrogen-bond donors (Lipinski definition) is 0. The Kier molecular flexibility index (Phi) is 4.63. The van der Waals surface area contributed by atoms with E-state index in [0.717, 1.165) is 35.4 Å². The lowest BCUT2D eigenvalue weighted by molar-refractivity contribution is 0.0987. The van der Waals surface area contributed by atoms with Crippen LogP contribution in [0.5, 0.6) is 0 Å². The summed E-state index contributed by atoms with van der Waals surface area (Å²) in [7, 11) is 0. The number of halogens is 2. The summed E-state index contributed by atoms with van der Waals surface area (Å²) in [5.74, 6) is 0.818. The molecule has 25 heavy (non-hydrogen) atoms. The van der Waals surface area contributed by atoms with Gasteiger partial charge in [-0.05, 0) is 42.7 Å². The molecule has 4 rings (SSSR count). The van der Waals surface area contributed by atoms with Crippen molar-refractivity contribution < 1.29 is 4.74 Å². The number of rotatable bonds is 2. The van der Waals surface area contributed by atoms with Crippen LogP contribution in [0, 0.1) is 0 Å². The van der Waals surface area contributed by atoms with Crippen LogP contribution in [-0.4, -0.2) is 46.1 Å². The molecule has 0 bridgehead atoms. The van der Waals surface area contributed by atoms with Crippen molar-refractivity contribution in [3.05, 3.63) is 41.3 Å². The first-order chi connectivity index (χ1) is 12.1. The molecule has 0 saturated carbocycles. The van der Waals surface area contributed by atoms with Crippen molar-refractivity contribution in [2.75, 3.05) is 24.7 Å². The molecular weight excluding hydrogens is 359 g/mol. The van der Waals surface area contributed by atoms with Crippen LogP contribution in [0.3, 0.4) is 0 Å². The molecule has 1 aliphatic carbocycles. The van der Waals surface area contributed by atoms with Crippen LogP contribution >= 0.6 is 23.2 Å². The van der Waals surface area contributed by atoms with Gasteiger partial charge in [-0.15, -0.1) is 11.6 Å². The molecule has 130 valence electrons.